The van der Waals surface area contributed by atoms with Crippen LogP contribution in [0.3, 0.4) is 0 Å². The van der Waals surface area contributed by atoms with Crippen LogP contribution in [0.1, 0.15) is 40.0 Å². The fourth-order valence-electron chi connectivity index (χ4n) is 4.06. The lowest BCUT2D eigenvalue weighted by atomic mass is 9.78. The number of carbonyl (C=O) groups is 2. The first-order valence-electron chi connectivity index (χ1n) is 10.1. The normalized spacial score (nSPS) is 21.2. The molecule has 0 unspecified atom stereocenters. The second kappa shape index (κ2) is 8.44. The van der Waals surface area contributed by atoms with E-state index in [2.05, 4.69) is 0 Å². The second-order valence-corrected chi connectivity index (χ2v) is 10.6. The Morgan fingerprint density at radius 2 is 1.83 bits per heavy atom. The SMILES string of the molecule is CC(=O)CN1CC2(CCN(C(=O)CC(C)C)CC2)COc2ccccc2S1(=O)=O. The minimum absolute atomic E-state index is 0.0978. The number of carbonyl (C=O) groups excluding carboxylic acids is 2. The number of hydrogen-bond acceptors (Lipinski definition) is 5. The van der Waals surface area contributed by atoms with Crippen LogP contribution in [-0.2, 0) is 19.6 Å². The highest BCUT2D eigenvalue weighted by molar-refractivity contribution is 7.89. The number of hydrogen-bond donors (Lipinski definition) is 0. The lowest BCUT2D eigenvalue weighted by molar-refractivity contribution is -0.134. The first kappa shape index (κ1) is 21.8. The summed E-state index contributed by atoms with van der Waals surface area (Å²) in [4.78, 5) is 26.2. The molecule has 1 saturated heterocycles. The molecule has 29 heavy (non-hydrogen) atoms. The summed E-state index contributed by atoms with van der Waals surface area (Å²) in [7, 11) is -3.85. The van der Waals surface area contributed by atoms with Crippen molar-refractivity contribution in [1.82, 2.24) is 9.21 Å². The summed E-state index contributed by atoms with van der Waals surface area (Å²) in [6, 6.07) is 6.56. The Hall–Kier alpha value is -1.93. The summed E-state index contributed by atoms with van der Waals surface area (Å²) in [5.41, 5.74) is -0.426. The molecule has 1 spiro atoms. The zero-order chi connectivity index (χ0) is 21.2. The molecule has 1 fully saturated rings. The van der Waals surface area contributed by atoms with Crippen LogP contribution in [0.5, 0.6) is 5.75 Å². The van der Waals surface area contributed by atoms with Crippen molar-refractivity contribution in [2.45, 2.75) is 44.9 Å². The van der Waals surface area contributed by atoms with Gasteiger partial charge in [0.25, 0.3) is 0 Å². The Labute approximate surface area is 173 Å². The Balaban J connectivity index is 1.87. The number of nitrogens with zero attached hydrogens (tertiary/aromatic N) is 2. The number of likely N-dealkylation sites (tertiary alicyclic amines) is 1. The molecule has 2 heterocycles. The highest BCUT2D eigenvalue weighted by Gasteiger charge is 2.43. The van der Waals surface area contributed by atoms with Gasteiger partial charge in [-0.1, -0.05) is 26.0 Å². The van der Waals surface area contributed by atoms with Crippen molar-refractivity contribution in [3.8, 4) is 5.75 Å². The third-order valence-electron chi connectivity index (χ3n) is 5.67. The third kappa shape index (κ3) is 4.80. The molecule has 1 amide bonds. The van der Waals surface area contributed by atoms with Crippen LogP contribution in [0.15, 0.2) is 29.2 Å². The average Bonchev–Trinajstić information content (AvgIpc) is 2.65. The minimum atomic E-state index is -3.85. The van der Waals surface area contributed by atoms with Crippen LogP contribution in [0, 0.1) is 11.3 Å². The molecule has 1 aromatic carbocycles. The van der Waals surface area contributed by atoms with Gasteiger partial charge in [-0.2, -0.15) is 4.31 Å². The van der Waals surface area contributed by atoms with E-state index in [1.807, 2.05) is 18.7 Å². The fraction of sp³-hybridized carbons (Fsp3) is 0.619. The van der Waals surface area contributed by atoms with Gasteiger partial charge in [0, 0.05) is 31.5 Å². The van der Waals surface area contributed by atoms with E-state index >= 15 is 0 Å². The van der Waals surface area contributed by atoms with Crippen LogP contribution in [0.4, 0.5) is 0 Å². The van der Waals surface area contributed by atoms with Crippen molar-refractivity contribution in [3.63, 3.8) is 0 Å². The molecule has 3 rings (SSSR count). The van der Waals surface area contributed by atoms with E-state index in [0.29, 0.717) is 50.6 Å². The second-order valence-electron chi connectivity index (χ2n) is 8.69. The maximum absolute atomic E-state index is 13.3. The van der Waals surface area contributed by atoms with Gasteiger partial charge in [-0.25, -0.2) is 8.42 Å². The number of amides is 1. The number of sulfonamides is 1. The Kier molecular flexibility index (Phi) is 6.33. The Morgan fingerprint density at radius 1 is 1.17 bits per heavy atom. The van der Waals surface area contributed by atoms with Gasteiger partial charge in [0.15, 0.2) is 0 Å². The number of piperidine rings is 1. The van der Waals surface area contributed by atoms with Gasteiger partial charge in [0.1, 0.15) is 16.4 Å². The predicted molar refractivity (Wildman–Crippen MR) is 109 cm³/mol. The molecule has 7 nitrogen and oxygen atoms in total. The maximum Gasteiger partial charge on any atom is 0.247 e. The number of para-hydroxylation sites is 1. The van der Waals surface area contributed by atoms with Crippen LogP contribution in [0.2, 0.25) is 0 Å². The van der Waals surface area contributed by atoms with Gasteiger partial charge in [-0.15, -0.1) is 0 Å². The Morgan fingerprint density at radius 3 is 2.45 bits per heavy atom. The van der Waals surface area contributed by atoms with Crippen LogP contribution < -0.4 is 4.74 Å². The summed E-state index contributed by atoms with van der Waals surface area (Å²) in [5, 5.41) is 0. The quantitative estimate of drug-likeness (QED) is 0.744. The molecular weight excluding hydrogens is 392 g/mol. The van der Waals surface area contributed by atoms with Crippen LogP contribution in [0.25, 0.3) is 0 Å². The number of rotatable bonds is 4. The third-order valence-corrected chi connectivity index (χ3v) is 7.50. The summed E-state index contributed by atoms with van der Waals surface area (Å²) < 4.78 is 33.8. The molecule has 0 radical (unpaired) electrons. The molecule has 0 aromatic heterocycles. The van der Waals surface area contributed by atoms with E-state index < -0.39 is 15.4 Å². The topological polar surface area (TPSA) is 84.0 Å². The van der Waals surface area contributed by atoms with Crippen molar-refractivity contribution in [2.24, 2.45) is 11.3 Å². The number of ketones is 1. The summed E-state index contributed by atoms with van der Waals surface area (Å²) >= 11 is 0. The Bertz CT molecular complexity index is 873. The van der Waals surface area contributed by atoms with Crippen molar-refractivity contribution < 1.29 is 22.7 Å². The van der Waals surface area contributed by atoms with Gasteiger partial charge in [-0.3, -0.25) is 9.59 Å². The lowest BCUT2D eigenvalue weighted by Crippen LogP contribution is -2.53. The van der Waals surface area contributed by atoms with Crippen molar-refractivity contribution in [2.75, 3.05) is 32.8 Å². The maximum atomic E-state index is 13.3. The molecule has 0 aliphatic carbocycles. The van der Waals surface area contributed by atoms with Crippen molar-refractivity contribution >= 4 is 21.7 Å². The van der Waals surface area contributed by atoms with Gasteiger partial charge in [0.05, 0.1) is 13.2 Å². The standard InChI is InChI=1S/C21H30N2O5S/c1-16(2)12-20(25)22-10-8-21(9-11-22)14-23(13-17(3)24)29(26,27)19-7-5-4-6-18(19)28-15-21/h4-7,16H,8-15H2,1-3H3. The van der Waals surface area contributed by atoms with E-state index in [0.717, 1.165) is 0 Å². The van der Waals surface area contributed by atoms with Crippen LogP contribution in [-0.4, -0.2) is 62.1 Å². The molecular formula is C21H30N2O5S. The van der Waals surface area contributed by atoms with Gasteiger partial charge < -0.3 is 9.64 Å². The van der Waals surface area contributed by atoms with E-state index in [1.165, 1.54) is 17.3 Å². The van der Waals surface area contributed by atoms with E-state index in [-0.39, 0.29) is 29.7 Å². The molecule has 2 aliphatic heterocycles. The highest BCUT2D eigenvalue weighted by atomic mass is 32.2. The molecule has 8 heteroatoms. The predicted octanol–water partition coefficient (Wildman–Crippen LogP) is 2.31. The number of Topliss-reactive ketones (excluding diaryl/α,β-unsaturated/α-hetero) is 1. The summed E-state index contributed by atoms with van der Waals surface area (Å²) in [6.07, 6.45) is 1.80. The first-order valence-corrected chi connectivity index (χ1v) is 11.6. The molecule has 0 bridgehead atoms. The molecule has 160 valence electrons. The van der Waals surface area contributed by atoms with Gasteiger partial charge in [0.2, 0.25) is 15.9 Å². The lowest BCUT2D eigenvalue weighted by Gasteiger charge is -2.45. The molecule has 2 aliphatic rings. The van der Waals surface area contributed by atoms with Gasteiger partial charge >= 0.3 is 0 Å². The van der Waals surface area contributed by atoms with Crippen LogP contribution >= 0.6 is 0 Å². The number of ether oxygens (including phenoxy) is 1. The molecule has 0 N–H and O–H groups in total. The number of fused-ring (bicyclic) bond motifs is 1. The van der Waals surface area contributed by atoms with E-state index in [9.17, 15) is 18.0 Å². The zero-order valence-electron chi connectivity index (χ0n) is 17.4. The molecule has 1 aromatic rings. The summed E-state index contributed by atoms with van der Waals surface area (Å²) in [6.45, 7) is 7.01. The van der Waals surface area contributed by atoms with Gasteiger partial charge in [-0.05, 0) is 37.8 Å². The summed E-state index contributed by atoms with van der Waals surface area (Å²) in [5.74, 6) is 0.557. The first-order chi connectivity index (χ1) is 13.6. The monoisotopic (exact) mass is 422 g/mol. The fourth-order valence-corrected chi connectivity index (χ4v) is 5.76. The average molecular weight is 423 g/mol. The van der Waals surface area contributed by atoms with Crippen molar-refractivity contribution in [1.29, 1.82) is 0 Å². The zero-order valence-corrected chi connectivity index (χ0v) is 18.2. The van der Waals surface area contributed by atoms with E-state index in [4.69, 9.17) is 4.74 Å². The molecule has 0 atom stereocenters. The smallest absolute Gasteiger partial charge is 0.247 e. The number of benzene rings is 1. The minimum Gasteiger partial charge on any atom is -0.492 e. The van der Waals surface area contributed by atoms with Crippen molar-refractivity contribution in [3.05, 3.63) is 24.3 Å². The molecule has 0 saturated carbocycles. The highest BCUT2D eigenvalue weighted by Crippen LogP contribution is 2.39. The largest absolute Gasteiger partial charge is 0.492 e. The van der Waals surface area contributed by atoms with E-state index in [1.54, 1.807) is 18.2 Å².